The van der Waals surface area contributed by atoms with Gasteiger partial charge >= 0.3 is 0 Å². The van der Waals surface area contributed by atoms with Crippen molar-refractivity contribution >= 4 is 22.8 Å². The van der Waals surface area contributed by atoms with Crippen LogP contribution in [0.25, 0.3) is 22.3 Å². The van der Waals surface area contributed by atoms with Gasteiger partial charge in [0.25, 0.3) is 5.91 Å². The van der Waals surface area contributed by atoms with Crippen molar-refractivity contribution in [1.29, 1.82) is 5.26 Å². The van der Waals surface area contributed by atoms with Crippen molar-refractivity contribution in [3.05, 3.63) is 53.4 Å². The fourth-order valence-corrected chi connectivity index (χ4v) is 4.51. The third kappa shape index (κ3) is 3.44. The molecular weight excluding hydrogens is 388 g/mol. The summed E-state index contributed by atoms with van der Waals surface area (Å²) in [5, 5.41) is 12.0. The molecule has 4 heterocycles. The number of carbonyl (C=O) groups excluding carboxylic acids is 1. The average Bonchev–Trinajstić information content (AvgIpc) is 3.22. The molecule has 0 spiro atoms. The molecule has 2 aliphatic rings. The first-order valence-electron chi connectivity index (χ1n) is 10.7. The second-order valence-electron chi connectivity index (χ2n) is 8.14. The topological polar surface area (TPSA) is 97.7 Å². The van der Waals surface area contributed by atoms with E-state index in [0.29, 0.717) is 25.1 Å². The number of para-hydroxylation sites is 1. The van der Waals surface area contributed by atoms with E-state index in [1.54, 1.807) is 0 Å². The molecule has 2 aliphatic heterocycles. The number of unbranched alkanes of at least 4 members (excludes halogenated alkanes) is 1. The Kier molecular flexibility index (Phi) is 4.91. The lowest BCUT2D eigenvalue weighted by Gasteiger charge is -2.24. The number of carbonyl (C=O) groups is 1. The van der Waals surface area contributed by atoms with Crippen LogP contribution in [0, 0.1) is 18.3 Å². The zero-order valence-corrected chi connectivity index (χ0v) is 17.5. The zero-order chi connectivity index (χ0) is 21.4. The van der Waals surface area contributed by atoms with Crippen molar-refractivity contribution < 1.29 is 4.79 Å². The molecule has 1 atom stereocenters. The van der Waals surface area contributed by atoms with Crippen LogP contribution in [0.3, 0.4) is 0 Å². The molecule has 0 aliphatic carbocycles. The number of amides is 1. The molecule has 0 saturated carbocycles. The predicted octanol–water partition coefficient (Wildman–Crippen LogP) is 3.83. The molecule has 0 unspecified atom stereocenters. The molecule has 7 heteroatoms. The van der Waals surface area contributed by atoms with E-state index in [4.69, 9.17) is 15.2 Å². The number of allylic oxidation sites excluding steroid dienone is 1. The maximum absolute atomic E-state index is 12.5. The summed E-state index contributed by atoms with van der Waals surface area (Å²) in [5.41, 5.74) is 6.05. The predicted molar refractivity (Wildman–Crippen MR) is 120 cm³/mol. The van der Waals surface area contributed by atoms with Gasteiger partial charge in [-0.25, -0.2) is 9.97 Å². The van der Waals surface area contributed by atoms with Crippen LogP contribution < -0.4 is 10.2 Å². The lowest BCUT2D eigenvalue weighted by atomic mass is 9.94. The zero-order valence-electron chi connectivity index (χ0n) is 17.5. The number of nitrogens with zero attached hydrogens (tertiary/aromatic N) is 4. The van der Waals surface area contributed by atoms with E-state index >= 15 is 0 Å². The van der Waals surface area contributed by atoms with Gasteiger partial charge in [-0.2, -0.15) is 5.26 Å². The van der Waals surface area contributed by atoms with E-state index < -0.39 is 0 Å². The lowest BCUT2D eigenvalue weighted by molar-refractivity contribution is 0.0940. The highest BCUT2D eigenvalue weighted by Crippen LogP contribution is 2.34. The Morgan fingerprint density at radius 1 is 1.26 bits per heavy atom. The number of aryl methyl sites for hydroxylation is 1. The number of aromatic nitrogens is 3. The molecule has 1 amide bonds. The Balaban J connectivity index is 1.70. The fraction of sp³-hybridized carbons (Fsp3) is 0.333. The molecule has 3 aromatic rings. The van der Waals surface area contributed by atoms with Crippen molar-refractivity contribution in [1.82, 2.24) is 20.3 Å². The normalized spacial score (nSPS) is 18.6. The second kappa shape index (κ2) is 7.88. The van der Waals surface area contributed by atoms with Crippen LogP contribution in [0.15, 0.2) is 36.4 Å². The molecule has 4 bridgehead atoms. The van der Waals surface area contributed by atoms with Crippen molar-refractivity contribution in [2.75, 3.05) is 24.5 Å². The van der Waals surface area contributed by atoms with E-state index in [2.05, 4.69) is 33.4 Å². The standard InChI is InChI=1S/C24H24N6O/c1-15-23-29-22-17(8-6-9-19(22)27-15)20-13-18-21(28-20)16(14-26-24(18)31)7-2-4-11-30(23)12-5-3-10-25/h2,4,6,8-9,13,16,28H,3,5,7,11-12,14H2,1H3,(H,26,31)/b4-2+/t16-/m0/s1. The number of nitriles is 1. The number of aromatic amines is 1. The molecule has 156 valence electrons. The van der Waals surface area contributed by atoms with E-state index in [9.17, 15) is 4.79 Å². The van der Waals surface area contributed by atoms with Gasteiger partial charge in [-0.3, -0.25) is 4.79 Å². The number of hydrogen-bond donors (Lipinski definition) is 2. The van der Waals surface area contributed by atoms with Gasteiger partial charge < -0.3 is 15.2 Å². The molecule has 0 saturated heterocycles. The van der Waals surface area contributed by atoms with E-state index in [-0.39, 0.29) is 11.8 Å². The number of nitrogens with one attached hydrogen (secondary N) is 2. The summed E-state index contributed by atoms with van der Waals surface area (Å²) in [4.78, 5) is 28.1. The van der Waals surface area contributed by atoms with Crippen molar-refractivity contribution in [3.63, 3.8) is 0 Å². The molecule has 0 radical (unpaired) electrons. The maximum atomic E-state index is 12.5. The SMILES string of the molecule is Cc1nc2cccc3c2nc1N(CCCC#N)C/C=C/C[C@H]1CNC(=O)c2cc-3[nH]c21. The van der Waals surface area contributed by atoms with E-state index in [1.807, 2.05) is 31.2 Å². The number of fused-ring (bicyclic) bond motifs is 3. The smallest absolute Gasteiger partial charge is 0.253 e. The first-order valence-corrected chi connectivity index (χ1v) is 10.7. The summed E-state index contributed by atoms with van der Waals surface area (Å²) in [6.07, 6.45) is 6.47. The van der Waals surface area contributed by atoms with Crippen molar-refractivity contribution in [2.45, 2.75) is 32.1 Å². The van der Waals surface area contributed by atoms with Crippen LogP contribution in [0.1, 0.15) is 46.9 Å². The van der Waals surface area contributed by atoms with Gasteiger partial charge in [0.1, 0.15) is 5.52 Å². The van der Waals surface area contributed by atoms with Gasteiger partial charge in [0.15, 0.2) is 5.82 Å². The van der Waals surface area contributed by atoms with Crippen LogP contribution in [0.4, 0.5) is 5.82 Å². The molecule has 0 fully saturated rings. The van der Waals surface area contributed by atoms with Gasteiger partial charge in [-0.1, -0.05) is 24.3 Å². The van der Waals surface area contributed by atoms with Crippen LogP contribution >= 0.6 is 0 Å². The quantitative estimate of drug-likeness (QED) is 0.503. The summed E-state index contributed by atoms with van der Waals surface area (Å²) >= 11 is 0. The molecule has 2 aromatic heterocycles. The summed E-state index contributed by atoms with van der Waals surface area (Å²) in [6.45, 7) is 4.06. The monoisotopic (exact) mass is 412 g/mol. The third-order valence-corrected chi connectivity index (χ3v) is 6.07. The van der Waals surface area contributed by atoms with Crippen molar-refractivity contribution in [3.8, 4) is 17.3 Å². The van der Waals surface area contributed by atoms with Gasteiger partial charge in [-0.05, 0) is 31.9 Å². The average molecular weight is 412 g/mol. The summed E-state index contributed by atoms with van der Waals surface area (Å²) in [5.74, 6) is 1.02. The Hall–Kier alpha value is -3.66. The van der Waals surface area contributed by atoms with Gasteiger partial charge in [0, 0.05) is 48.9 Å². The Bertz CT molecular complexity index is 1230. The number of anilines is 1. The van der Waals surface area contributed by atoms with Gasteiger partial charge in [0.05, 0.1) is 22.8 Å². The summed E-state index contributed by atoms with van der Waals surface area (Å²) in [6, 6.07) is 10.1. The lowest BCUT2D eigenvalue weighted by Crippen LogP contribution is -2.34. The summed E-state index contributed by atoms with van der Waals surface area (Å²) < 4.78 is 0. The minimum atomic E-state index is -0.0312. The van der Waals surface area contributed by atoms with Gasteiger partial charge in [-0.15, -0.1) is 0 Å². The summed E-state index contributed by atoms with van der Waals surface area (Å²) in [7, 11) is 0. The first kappa shape index (κ1) is 19.3. The first-order chi connectivity index (χ1) is 15.2. The highest BCUT2D eigenvalue weighted by Gasteiger charge is 2.28. The van der Waals surface area contributed by atoms with E-state index in [0.717, 1.165) is 58.9 Å². The molecule has 31 heavy (non-hydrogen) atoms. The van der Waals surface area contributed by atoms with Gasteiger partial charge in [0.2, 0.25) is 0 Å². The van der Waals surface area contributed by atoms with Crippen molar-refractivity contribution in [2.24, 2.45) is 0 Å². The number of rotatable bonds is 3. The highest BCUT2D eigenvalue weighted by molar-refractivity contribution is 6.00. The minimum Gasteiger partial charge on any atom is -0.357 e. The van der Waals surface area contributed by atoms with Crippen LogP contribution in [-0.2, 0) is 0 Å². The largest absolute Gasteiger partial charge is 0.357 e. The Morgan fingerprint density at radius 3 is 3.03 bits per heavy atom. The van der Waals surface area contributed by atoms with Crippen LogP contribution in [-0.4, -0.2) is 40.5 Å². The van der Waals surface area contributed by atoms with E-state index in [1.165, 1.54) is 0 Å². The molecular formula is C24H24N6O. The maximum Gasteiger partial charge on any atom is 0.253 e. The van der Waals surface area contributed by atoms with Crippen LogP contribution in [0.2, 0.25) is 0 Å². The Labute approximate surface area is 180 Å². The fourth-order valence-electron chi connectivity index (χ4n) is 4.51. The Morgan fingerprint density at radius 2 is 2.16 bits per heavy atom. The molecule has 1 aromatic carbocycles. The van der Waals surface area contributed by atoms with Crippen LogP contribution in [0.5, 0.6) is 0 Å². The number of benzene rings is 1. The number of hydrogen-bond acceptors (Lipinski definition) is 5. The second-order valence-corrected chi connectivity index (χ2v) is 8.14. The molecule has 5 rings (SSSR count). The number of H-pyrrole nitrogens is 1. The molecule has 7 nitrogen and oxygen atoms in total. The third-order valence-electron chi connectivity index (χ3n) is 6.07. The highest BCUT2D eigenvalue weighted by atomic mass is 16.1. The minimum absolute atomic E-state index is 0.0312. The molecule has 2 N–H and O–H groups in total.